The highest BCUT2D eigenvalue weighted by atomic mass is 35.5. The Morgan fingerprint density at radius 2 is 2.16 bits per heavy atom. The van der Waals surface area contributed by atoms with Gasteiger partial charge in [-0.25, -0.2) is 5.06 Å². The predicted molar refractivity (Wildman–Crippen MR) is 111 cm³/mol. The van der Waals surface area contributed by atoms with Crippen LogP contribution in [-0.2, 0) is 9.59 Å². The van der Waals surface area contributed by atoms with E-state index in [-0.39, 0.29) is 36.4 Å². The summed E-state index contributed by atoms with van der Waals surface area (Å²) in [6.07, 6.45) is 5.34. The van der Waals surface area contributed by atoms with Crippen molar-refractivity contribution < 1.29 is 24.3 Å². The molecule has 1 aromatic rings. The van der Waals surface area contributed by atoms with E-state index >= 15 is 0 Å². The molecule has 0 spiro atoms. The normalized spacial score (nSPS) is 22.4. The fourth-order valence-corrected chi connectivity index (χ4v) is 4.40. The maximum Gasteiger partial charge on any atom is 0.243 e. The van der Waals surface area contributed by atoms with Crippen LogP contribution in [0.2, 0.25) is 5.28 Å². The van der Waals surface area contributed by atoms with Crippen LogP contribution in [-0.4, -0.2) is 62.9 Å². The molecule has 1 saturated heterocycles. The number of aliphatic hydroxyl groups is 1. The summed E-state index contributed by atoms with van der Waals surface area (Å²) in [7, 11) is 0. The molecule has 172 valence electrons. The molecule has 0 radical (unpaired) electrons. The van der Waals surface area contributed by atoms with Crippen LogP contribution < -0.4 is 15.8 Å². The summed E-state index contributed by atoms with van der Waals surface area (Å²) in [6, 6.07) is 0. The van der Waals surface area contributed by atoms with Gasteiger partial charge in [-0.1, -0.05) is 25.7 Å². The van der Waals surface area contributed by atoms with Crippen LogP contribution in [0.4, 0.5) is 16.0 Å². The summed E-state index contributed by atoms with van der Waals surface area (Å²) in [5.74, 6) is -2.06. The van der Waals surface area contributed by atoms with Gasteiger partial charge in [0.05, 0.1) is 18.1 Å². The van der Waals surface area contributed by atoms with E-state index in [4.69, 9.17) is 11.6 Å². The molecule has 2 fully saturated rings. The van der Waals surface area contributed by atoms with Gasteiger partial charge >= 0.3 is 0 Å². The van der Waals surface area contributed by atoms with E-state index in [0.29, 0.717) is 30.4 Å². The van der Waals surface area contributed by atoms with E-state index in [1.54, 1.807) is 11.8 Å². The maximum atomic E-state index is 15.0. The number of nitrogens with zero attached hydrogens (tertiary/aromatic N) is 4. The molecule has 4 N–H and O–H groups in total. The largest absolute Gasteiger partial charge is 0.388 e. The predicted octanol–water partition coefficient (Wildman–Crippen LogP) is 1.72. The van der Waals surface area contributed by atoms with Crippen molar-refractivity contribution in [2.45, 2.75) is 51.0 Å². The molecule has 0 bridgehead atoms. The molecular weight excluding hydrogens is 431 g/mol. The van der Waals surface area contributed by atoms with Gasteiger partial charge in [0.1, 0.15) is 0 Å². The van der Waals surface area contributed by atoms with Crippen molar-refractivity contribution >= 4 is 35.6 Å². The third-order valence-corrected chi connectivity index (χ3v) is 6.02. The third-order valence-electron chi connectivity index (χ3n) is 5.85. The number of aromatic nitrogens is 2. The smallest absolute Gasteiger partial charge is 0.243 e. The van der Waals surface area contributed by atoms with Gasteiger partial charge in [-0.15, -0.1) is 0 Å². The Morgan fingerprint density at radius 1 is 1.45 bits per heavy atom. The molecular formula is C19H28ClFN6O4. The number of halogens is 2. The standard InChI is InChI=1S/C19H28ClFN6O4/c1-19(30)6-7-26(10-19)16-14(21)15(22-18(20)23-16)24-25-17(29)13(9-27(31)11-28)8-12-4-2-3-5-12/h11-13,30-31H,2-10H2,1H3,(H,25,29)(H,22,23,24)/t13-,19?/m1/s1. The number of amides is 2. The summed E-state index contributed by atoms with van der Waals surface area (Å²) in [5, 5.41) is 19.9. The lowest BCUT2D eigenvalue weighted by Crippen LogP contribution is -2.41. The van der Waals surface area contributed by atoms with Crippen LogP contribution in [0.15, 0.2) is 0 Å². The number of hydrogen-bond donors (Lipinski definition) is 4. The fourth-order valence-electron chi connectivity index (χ4n) is 4.23. The van der Waals surface area contributed by atoms with Crippen molar-refractivity contribution in [2.75, 3.05) is 30.0 Å². The zero-order valence-electron chi connectivity index (χ0n) is 17.4. The van der Waals surface area contributed by atoms with Crippen LogP contribution in [0.5, 0.6) is 0 Å². The van der Waals surface area contributed by atoms with E-state index in [9.17, 15) is 24.3 Å². The highest BCUT2D eigenvalue weighted by molar-refractivity contribution is 6.28. The Labute approximate surface area is 184 Å². The Hall–Kier alpha value is -2.24. The highest BCUT2D eigenvalue weighted by Gasteiger charge is 2.34. The minimum absolute atomic E-state index is 0.0699. The van der Waals surface area contributed by atoms with Crippen molar-refractivity contribution in [3.05, 3.63) is 11.1 Å². The molecule has 10 nitrogen and oxygen atoms in total. The zero-order valence-corrected chi connectivity index (χ0v) is 18.1. The van der Waals surface area contributed by atoms with E-state index in [0.717, 1.165) is 25.7 Å². The zero-order chi connectivity index (χ0) is 22.6. The van der Waals surface area contributed by atoms with Crippen LogP contribution in [0.25, 0.3) is 0 Å². The number of rotatable bonds is 9. The summed E-state index contributed by atoms with van der Waals surface area (Å²) in [6.45, 7) is 2.06. The fraction of sp³-hybridized carbons (Fsp3) is 0.684. The van der Waals surface area contributed by atoms with Gasteiger partial charge in [0.15, 0.2) is 11.6 Å². The molecule has 12 heteroatoms. The van der Waals surface area contributed by atoms with Gasteiger partial charge in [-0.2, -0.15) is 14.4 Å². The Balaban J connectivity index is 1.69. The number of nitrogens with one attached hydrogen (secondary N) is 2. The third kappa shape index (κ3) is 6.14. The number of carbonyl (C=O) groups excluding carboxylic acids is 2. The monoisotopic (exact) mass is 458 g/mol. The van der Waals surface area contributed by atoms with Crippen molar-refractivity contribution in [1.29, 1.82) is 0 Å². The molecule has 0 aromatic carbocycles. The minimum Gasteiger partial charge on any atom is -0.388 e. The first-order chi connectivity index (χ1) is 14.7. The SMILES string of the molecule is CC1(O)CCN(c2nc(Cl)nc(NNC(=O)[C@H](CC3CCCC3)CN(O)C=O)c2F)C1. The molecule has 1 unspecified atom stereocenters. The summed E-state index contributed by atoms with van der Waals surface area (Å²) in [5.41, 5.74) is 3.89. The lowest BCUT2D eigenvalue weighted by Gasteiger charge is -2.23. The number of anilines is 2. The number of β-amino-alcohol motifs (C(OH)–C–C–N with tert-alkyl or cyclic N) is 1. The highest BCUT2D eigenvalue weighted by Crippen LogP contribution is 2.32. The number of hydrazine groups is 1. The van der Waals surface area contributed by atoms with Crippen LogP contribution in [0, 0.1) is 17.7 Å². The minimum atomic E-state index is -0.964. The molecule has 1 aliphatic heterocycles. The van der Waals surface area contributed by atoms with Crippen LogP contribution in [0.1, 0.15) is 45.4 Å². The summed E-state index contributed by atoms with van der Waals surface area (Å²) < 4.78 is 15.0. The van der Waals surface area contributed by atoms with E-state index in [1.807, 2.05) is 0 Å². The lowest BCUT2D eigenvalue weighted by atomic mass is 9.92. The van der Waals surface area contributed by atoms with Gasteiger partial charge in [0.2, 0.25) is 23.4 Å². The Morgan fingerprint density at radius 3 is 2.77 bits per heavy atom. The molecule has 3 rings (SSSR count). The second-order valence-electron chi connectivity index (χ2n) is 8.57. The summed E-state index contributed by atoms with van der Waals surface area (Å²) in [4.78, 5) is 32.8. The average molecular weight is 459 g/mol. The van der Waals surface area contributed by atoms with Crippen molar-refractivity contribution in [2.24, 2.45) is 11.8 Å². The first-order valence-corrected chi connectivity index (χ1v) is 10.7. The second kappa shape index (κ2) is 9.92. The number of hydroxylamine groups is 2. The van der Waals surface area contributed by atoms with Crippen LogP contribution in [0.3, 0.4) is 0 Å². The van der Waals surface area contributed by atoms with Gasteiger partial charge in [-0.3, -0.25) is 25.6 Å². The van der Waals surface area contributed by atoms with E-state index in [2.05, 4.69) is 20.8 Å². The van der Waals surface area contributed by atoms with Gasteiger partial charge in [0.25, 0.3) is 0 Å². The quantitative estimate of drug-likeness (QED) is 0.190. The number of carbonyl (C=O) groups is 2. The van der Waals surface area contributed by atoms with E-state index in [1.165, 1.54) is 0 Å². The maximum absolute atomic E-state index is 15.0. The molecule has 2 amide bonds. The Kier molecular flexibility index (Phi) is 7.50. The molecule has 1 aromatic heterocycles. The molecule has 31 heavy (non-hydrogen) atoms. The number of hydrogen-bond acceptors (Lipinski definition) is 8. The first-order valence-electron chi connectivity index (χ1n) is 10.4. The van der Waals surface area contributed by atoms with Gasteiger partial charge < -0.3 is 10.0 Å². The molecule has 2 atom stereocenters. The van der Waals surface area contributed by atoms with Crippen molar-refractivity contribution in [1.82, 2.24) is 20.5 Å². The second-order valence-corrected chi connectivity index (χ2v) is 8.91. The van der Waals surface area contributed by atoms with Crippen LogP contribution >= 0.6 is 11.6 Å². The Bertz CT molecular complexity index is 808. The first kappa shape index (κ1) is 23.4. The topological polar surface area (TPSA) is 131 Å². The van der Waals surface area contributed by atoms with E-state index < -0.39 is 23.2 Å². The van der Waals surface area contributed by atoms with Gasteiger partial charge in [-0.05, 0) is 37.3 Å². The van der Waals surface area contributed by atoms with Crippen molar-refractivity contribution in [3.63, 3.8) is 0 Å². The molecule has 2 heterocycles. The summed E-state index contributed by atoms with van der Waals surface area (Å²) >= 11 is 5.94. The molecule has 1 aliphatic carbocycles. The molecule has 1 saturated carbocycles. The van der Waals surface area contributed by atoms with Crippen molar-refractivity contribution in [3.8, 4) is 0 Å². The van der Waals surface area contributed by atoms with Gasteiger partial charge in [0, 0.05) is 13.1 Å². The lowest BCUT2D eigenvalue weighted by molar-refractivity contribution is -0.154. The average Bonchev–Trinajstić information content (AvgIpc) is 3.36. The molecule has 2 aliphatic rings.